The van der Waals surface area contributed by atoms with Crippen LogP contribution in [0.2, 0.25) is 0 Å². The summed E-state index contributed by atoms with van der Waals surface area (Å²) in [5.74, 6) is -0.422. The van der Waals surface area contributed by atoms with Crippen molar-refractivity contribution in [3.63, 3.8) is 0 Å². The lowest BCUT2D eigenvalue weighted by atomic mass is 9.99. The van der Waals surface area contributed by atoms with Crippen molar-refractivity contribution in [1.29, 1.82) is 0 Å². The molecule has 13 heteroatoms. The Kier molecular flexibility index (Phi) is 31.3. The molecule has 4 N–H and O–H groups in total. The largest absolute Gasteiger partial charge is 0.457 e. The highest BCUT2D eigenvalue weighted by Gasteiger charge is 2.48. The first-order chi connectivity index (χ1) is 26.6. The van der Waals surface area contributed by atoms with E-state index in [9.17, 15) is 28.5 Å². The van der Waals surface area contributed by atoms with Crippen molar-refractivity contribution in [2.75, 3.05) is 26.4 Å². The molecule has 1 rings (SSSR count). The van der Waals surface area contributed by atoms with Crippen LogP contribution in [0.1, 0.15) is 136 Å². The third-order valence-corrected chi connectivity index (χ3v) is 9.32. The van der Waals surface area contributed by atoms with E-state index in [-0.39, 0.29) is 19.6 Å². The van der Waals surface area contributed by atoms with Gasteiger partial charge in [0.15, 0.2) is 6.29 Å². The van der Waals surface area contributed by atoms with Crippen LogP contribution in [0.5, 0.6) is 0 Å². The summed E-state index contributed by atoms with van der Waals surface area (Å²) < 4.78 is 58.8. The van der Waals surface area contributed by atoms with E-state index in [1.54, 1.807) is 0 Å². The Hall–Kier alpha value is -2.20. The Labute approximate surface area is 331 Å². The SMILES string of the molecule is CC/C=C\C/C=C\C/C=C\C/C=C\CCCCCCCOCC(COC1OC(CO)C(O)C(OS(=O)(=O)O)C1O)OC(=O)CCCCCCC/C=C\CCC. The fraction of sp³-hybridized carbons (Fsp3) is 0.738. The van der Waals surface area contributed by atoms with E-state index in [1.807, 2.05) is 0 Å². The molecule has 55 heavy (non-hydrogen) atoms. The maximum absolute atomic E-state index is 12.7. The number of carbonyl (C=O) groups excluding carboxylic acids is 1. The lowest BCUT2D eigenvalue weighted by Gasteiger charge is -2.41. The van der Waals surface area contributed by atoms with E-state index >= 15 is 0 Å². The molecule has 1 aliphatic heterocycles. The van der Waals surface area contributed by atoms with Crippen LogP contribution in [0.25, 0.3) is 0 Å². The van der Waals surface area contributed by atoms with E-state index in [0.29, 0.717) is 13.0 Å². The van der Waals surface area contributed by atoms with Crippen LogP contribution in [0.4, 0.5) is 0 Å². The summed E-state index contributed by atoms with van der Waals surface area (Å²) in [6.07, 6.45) is 31.2. The third kappa shape index (κ3) is 27.9. The minimum atomic E-state index is -5.06. The van der Waals surface area contributed by atoms with Crippen LogP contribution < -0.4 is 0 Å². The summed E-state index contributed by atoms with van der Waals surface area (Å²) in [6.45, 7) is 3.72. The number of unbranched alkanes of at least 4 members (excludes halogenated alkanes) is 11. The van der Waals surface area contributed by atoms with Crippen molar-refractivity contribution in [2.45, 2.75) is 173 Å². The second-order valence-corrected chi connectivity index (χ2v) is 14.9. The summed E-state index contributed by atoms with van der Waals surface area (Å²) >= 11 is 0. The van der Waals surface area contributed by atoms with Crippen molar-refractivity contribution in [3.05, 3.63) is 60.8 Å². The molecule has 0 saturated carbocycles. The molecule has 0 spiro atoms. The lowest BCUT2D eigenvalue weighted by Crippen LogP contribution is -2.60. The van der Waals surface area contributed by atoms with Crippen LogP contribution in [0.3, 0.4) is 0 Å². The topological polar surface area (TPSA) is 178 Å². The van der Waals surface area contributed by atoms with Gasteiger partial charge in [0.1, 0.15) is 30.5 Å². The van der Waals surface area contributed by atoms with Gasteiger partial charge in [0.05, 0.1) is 19.8 Å². The maximum Gasteiger partial charge on any atom is 0.397 e. The van der Waals surface area contributed by atoms with E-state index in [2.05, 4.69) is 78.8 Å². The van der Waals surface area contributed by atoms with Gasteiger partial charge in [0, 0.05) is 13.0 Å². The van der Waals surface area contributed by atoms with E-state index in [0.717, 1.165) is 109 Å². The van der Waals surface area contributed by atoms with Crippen molar-refractivity contribution < 1.29 is 56.2 Å². The standard InChI is InChI=1S/C42H72O12S/c1-3-5-7-9-11-13-15-16-17-18-19-20-21-22-24-26-28-30-32-50-34-36(52-38(44)31-29-27-25-23-14-12-10-8-6-4-2)35-51-42-40(46)41(54-55(47,48)49)39(45)37(33-43)53-42/h5,7-8,10-11,13,16-17,19-20,36-37,39-43,45-46H,3-4,6,9,12,14-15,18,21-35H2,1-2H3,(H,47,48,49)/b7-5-,10-8-,13-11-,17-16-,20-19-. The molecule has 12 nitrogen and oxygen atoms in total. The average Bonchev–Trinajstić information content (AvgIpc) is 3.15. The molecule has 0 aromatic heterocycles. The minimum Gasteiger partial charge on any atom is -0.457 e. The molecule has 1 saturated heterocycles. The van der Waals surface area contributed by atoms with Crippen LogP contribution in [0, 0.1) is 0 Å². The van der Waals surface area contributed by atoms with Crippen LogP contribution in [-0.2, 0) is 38.3 Å². The molecular formula is C42H72O12S. The van der Waals surface area contributed by atoms with Gasteiger partial charge in [-0.2, -0.15) is 8.42 Å². The quantitative estimate of drug-likeness (QED) is 0.0215. The van der Waals surface area contributed by atoms with Gasteiger partial charge in [-0.3, -0.25) is 9.35 Å². The zero-order valence-corrected chi connectivity index (χ0v) is 34.3. The average molecular weight is 801 g/mol. The molecule has 1 heterocycles. The predicted molar refractivity (Wildman–Crippen MR) is 216 cm³/mol. The van der Waals surface area contributed by atoms with E-state index < -0.39 is 59.8 Å². The second kappa shape index (κ2) is 33.9. The normalized spacial score (nSPS) is 21.6. The molecule has 0 aromatic rings. The van der Waals surface area contributed by atoms with Crippen molar-refractivity contribution >= 4 is 16.4 Å². The first-order valence-corrected chi connectivity index (χ1v) is 21.9. The first-order valence-electron chi connectivity index (χ1n) is 20.5. The maximum atomic E-state index is 12.7. The third-order valence-electron chi connectivity index (χ3n) is 8.85. The van der Waals surface area contributed by atoms with Gasteiger partial charge in [-0.25, -0.2) is 4.18 Å². The number of hydrogen-bond acceptors (Lipinski definition) is 11. The minimum absolute atomic E-state index is 0.0168. The number of hydrogen-bond donors (Lipinski definition) is 4. The molecule has 6 unspecified atom stereocenters. The summed E-state index contributed by atoms with van der Waals surface area (Å²) in [5.41, 5.74) is 0. The van der Waals surface area contributed by atoms with Gasteiger partial charge in [-0.15, -0.1) is 0 Å². The molecule has 0 aliphatic carbocycles. The Balaban J connectivity index is 2.47. The Bertz CT molecular complexity index is 1200. The molecule has 318 valence electrons. The second-order valence-electron chi connectivity index (χ2n) is 13.8. The molecule has 1 fully saturated rings. The number of aliphatic hydroxyl groups is 3. The summed E-state index contributed by atoms with van der Waals surface area (Å²) in [6, 6.07) is 0. The molecule has 0 bridgehead atoms. The zero-order valence-electron chi connectivity index (χ0n) is 33.5. The molecule has 1 aliphatic rings. The van der Waals surface area contributed by atoms with Gasteiger partial charge in [0.2, 0.25) is 0 Å². The smallest absolute Gasteiger partial charge is 0.397 e. The Morgan fingerprint density at radius 1 is 0.709 bits per heavy atom. The number of esters is 1. The fourth-order valence-electron chi connectivity index (χ4n) is 5.78. The Morgan fingerprint density at radius 3 is 1.85 bits per heavy atom. The van der Waals surface area contributed by atoms with E-state index in [1.165, 1.54) is 0 Å². The summed E-state index contributed by atoms with van der Waals surface area (Å²) in [5, 5.41) is 30.5. The number of ether oxygens (including phenoxy) is 4. The first kappa shape index (κ1) is 50.8. The molecule has 0 aromatic carbocycles. The summed E-state index contributed by atoms with van der Waals surface area (Å²) in [7, 11) is -5.06. The Morgan fingerprint density at radius 2 is 1.25 bits per heavy atom. The van der Waals surface area contributed by atoms with Crippen LogP contribution in [0.15, 0.2) is 60.8 Å². The fourth-order valence-corrected chi connectivity index (χ4v) is 6.29. The van der Waals surface area contributed by atoms with Crippen molar-refractivity contribution in [3.8, 4) is 0 Å². The van der Waals surface area contributed by atoms with Gasteiger partial charge < -0.3 is 34.3 Å². The molecule has 0 amide bonds. The molecular weight excluding hydrogens is 729 g/mol. The molecule has 6 atom stereocenters. The van der Waals surface area contributed by atoms with Gasteiger partial charge in [-0.1, -0.05) is 120 Å². The highest BCUT2D eigenvalue weighted by Crippen LogP contribution is 2.26. The van der Waals surface area contributed by atoms with Crippen LogP contribution >= 0.6 is 0 Å². The number of rotatable bonds is 34. The number of carbonyl (C=O) groups is 1. The predicted octanol–water partition coefficient (Wildman–Crippen LogP) is 7.79. The number of allylic oxidation sites excluding steroid dienone is 10. The van der Waals surface area contributed by atoms with Gasteiger partial charge >= 0.3 is 16.4 Å². The highest BCUT2D eigenvalue weighted by atomic mass is 32.3. The monoisotopic (exact) mass is 800 g/mol. The zero-order chi connectivity index (χ0) is 40.4. The number of aliphatic hydroxyl groups excluding tert-OH is 3. The van der Waals surface area contributed by atoms with Crippen molar-refractivity contribution in [1.82, 2.24) is 0 Å². The van der Waals surface area contributed by atoms with E-state index in [4.69, 9.17) is 23.5 Å². The van der Waals surface area contributed by atoms with Gasteiger partial charge in [0.25, 0.3) is 0 Å². The molecule has 0 radical (unpaired) electrons. The van der Waals surface area contributed by atoms with Crippen LogP contribution in [-0.4, -0.2) is 97.5 Å². The van der Waals surface area contributed by atoms with Crippen molar-refractivity contribution in [2.24, 2.45) is 0 Å². The lowest BCUT2D eigenvalue weighted by molar-refractivity contribution is -0.301. The summed E-state index contributed by atoms with van der Waals surface area (Å²) in [4.78, 5) is 12.7. The highest BCUT2D eigenvalue weighted by molar-refractivity contribution is 7.80. The van der Waals surface area contributed by atoms with Gasteiger partial charge in [-0.05, 0) is 70.6 Å².